The number of benzene rings is 2. The molecule has 2 rings (SSSR count). The van der Waals surface area contributed by atoms with E-state index in [4.69, 9.17) is 11.6 Å². The molecule has 94 valence electrons. The van der Waals surface area contributed by atoms with Crippen LogP contribution in [-0.4, -0.2) is 6.54 Å². The van der Waals surface area contributed by atoms with Crippen molar-refractivity contribution in [2.45, 2.75) is 13.0 Å². The van der Waals surface area contributed by atoms with Gasteiger partial charge in [-0.15, -0.1) is 0 Å². The zero-order valence-corrected chi connectivity index (χ0v) is 10.8. The molecular formula is C15H15ClFN. The molecular weight excluding hydrogens is 249 g/mol. The van der Waals surface area contributed by atoms with Crippen LogP contribution in [0.3, 0.4) is 0 Å². The molecule has 2 aromatic rings. The van der Waals surface area contributed by atoms with Crippen LogP contribution < -0.4 is 5.32 Å². The summed E-state index contributed by atoms with van der Waals surface area (Å²) in [6.07, 6.45) is 0.924. The van der Waals surface area contributed by atoms with Crippen molar-refractivity contribution < 1.29 is 4.39 Å². The summed E-state index contributed by atoms with van der Waals surface area (Å²) in [6.45, 7) is 1.26. The molecule has 18 heavy (non-hydrogen) atoms. The predicted octanol–water partition coefficient (Wildman–Crippen LogP) is 3.81. The van der Waals surface area contributed by atoms with Gasteiger partial charge in [0.25, 0.3) is 0 Å². The summed E-state index contributed by atoms with van der Waals surface area (Å²) in [4.78, 5) is 0. The van der Waals surface area contributed by atoms with Gasteiger partial charge in [0.1, 0.15) is 5.82 Å². The molecule has 1 nitrogen and oxygen atoms in total. The van der Waals surface area contributed by atoms with Gasteiger partial charge < -0.3 is 5.32 Å². The van der Waals surface area contributed by atoms with E-state index in [1.165, 1.54) is 11.6 Å². The Hall–Kier alpha value is -1.38. The number of hydrogen-bond acceptors (Lipinski definition) is 1. The van der Waals surface area contributed by atoms with Crippen LogP contribution in [-0.2, 0) is 13.0 Å². The second-order valence-electron chi connectivity index (χ2n) is 4.11. The molecule has 2 aromatic carbocycles. The fraction of sp³-hybridized carbons (Fsp3) is 0.200. The Morgan fingerprint density at radius 3 is 2.50 bits per heavy atom. The van der Waals surface area contributed by atoms with E-state index in [-0.39, 0.29) is 5.82 Å². The van der Waals surface area contributed by atoms with Crippen molar-refractivity contribution >= 4 is 11.6 Å². The number of hydrogen-bond donors (Lipinski definition) is 1. The van der Waals surface area contributed by atoms with E-state index in [0.717, 1.165) is 13.0 Å². The molecule has 0 aliphatic rings. The monoisotopic (exact) mass is 263 g/mol. The second kappa shape index (κ2) is 6.53. The summed E-state index contributed by atoms with van der Waals surface area (Å²) in [5, 5.41) is 3.68. The van der Waals surface area contributed by atoms with E-state index in [1.807, 2.05) is 18.2 Å². The first-order chi connectivity index (χ1) is 8.77. The fourth-order valence-electron chi connectivity index (χ4n) is 1.79. The van der Waals surface area contributed by atoms with Gasteiger partial charge in [-0.1, -0.05) is 48.0 Å². The first kappa shape index (κ1) is 13.1. The lowest BCUT2D eigenvalue weighted by Gasteiger charge is -2.07. The Labute approximate surface area is 112 Å². The van der Waals surface area contributed by atoms with Crippen LogP contribution in [0.25, 0.3) is 0 Å². The first-order valence-corrected chi connectivity index (χ1v) is 6.32. The molecule has 0 heterocycles. The summed E-state index contributed by atoms with van der Waals surface area (Å²) in [5.74, 6) is -0.255. The summed E-state index contributed by atoms with van der Waals surface area (Å²) < 4.78 is 13.5. The smallest absolute Gasteiger partial charge is 0.129 e. The van der Waals surface area contributed by atoms with Gasteiger partial charge in [0.05, 0.1) is 0 Å². The Morgan fingerprint density at radius 2 is 1.78 bits per heavy atom. The van der Waals surface area contributed by atoms with Gasteiger partial charge in [-0.05, 0) is 30.7 Å². The van der Waals surface area contributed by atoms with E-state index in [0.29, 0.717) is 17.1 Å². The third-order valence-electron chi connectivity index (χ3n) is 2.80. The molecule has 1 N–H and O–H groups in total. The van der Waals surface area contributed by atoms with Gasteiger partial charge in [0, 0.05) is 17.1 Å². The molecule has 0 saturated heterocycles. The lowest BCUT2D eigenvalue weighted by Crippen LogP contribution is -2.17. The Bertz CT molecular complexity index is 479. The van der Waals surface area contributed by atoms with E-state index in [1.54, 1.807) is 12.1 Å². The normalized spacial score (nSPS) is 10.6. The highest BCUT2D eigenvalue weighted by molar-refractivity contribution is 6.31. The van der Waals surface area contributed by atoms with Crippen LogP contribution in [0.1, 0.15) is 11.1 Å². The molecule has 3 heteroatoms. The lowest BCUT2D eigenvalue weighted by molar-refractivity contribution is 0.588. The van der Waals surface area contributed by atoms with Crippen LogP contribution in [0, 0.1) is 5.82 Å². The number of nitrogens with one attached hydrogen (secondary N) is 1. The molecule has 0 spiro atoms. The van der Waals surface area contributed by atoms with Crippen LogP contribution in [0.15, 0.2) is 48.5 Å². The zero-order chi connectivity index (χ0) is 12.8. The van der Waals surface area contributed by atoms with Gasteiger partial charge in [0.15, 0.2) is 0 Å². The number of rotatable bonds is 5. The number of halogens is 2. The second-order valence-corrected chi connectivity index (χ2v) is 4.52. The molecule has 0 bridgehead atoms. The van der Waals surface area contributed by atoms with Crippen LogP contribution in [0.5, 0.6) is 0 Å². The van der Waals surface area contributed by atoms with E-state index in [9.17, 15) is 4.39 Å². The van der Waals surface area contributed by atoms with Crippen molar-refractivity contribution in [2.75, 3.05) is 6.54 Å². The first-order valence-electron chi connectivity index (χ1n) is 5.95. The topological polar surface area (TPSA) is 12.0 Å². The van der Waals surface area contributed by atoms with Crippen molar-refractivity contribution in [1.82, 2.24) is 5.32 Å². The van der Waals surface area contributed by atoms with Crippen LogP contribution in [0.2, 0.25) is 5.02 Å². The SMILES string of the molecule is Fc1cccc(Cl)c1CNCCc1ccccc1. The van der Waals surface area contributed by atoms with Crippen molar-refractivity contribution in [3.8, 4) is 0 Å². The molecule has 0 aliphatic heterocycles. The molecule has 0 fully saturated rings. The zero-order valence-electron chi connectivity index (χ0n) is 10.00. The van der Waals surface area contributed by atoms with E-state index < -0.39 is 0 Å². The molecule has 0 amide bonds. The minimum Gasteiger partial charge on any atom is -0.312 e. The Morgan fingerprint density at radius 1 is 1.00 bits per heavy atom. The van der Waals surface area contributed by atoms with Crippen LogP contribution in [0.4, 0.5) is 4.39 Å². The lowest BCUT2D eigenvalue weighted by atomic mass is 10.1. The standard InChI is InChI=1S/C15H15ClFN/c16-14-7-4-8-15(17)13(14)11-18-10-9-12-5-2-1-3-6-12/h1-8,18H,9-11H2. The maximum Gasteiger partial charge on any atom is 0.129 e. The minimum atomic E-state index is -0.255. The quantitative estimate of drug-likeness (QED) is 0.809. The Kier molecular flexibility index (Phi) is 4.73. The third kappa shape index (κ3) is 3.56. The summed E-state index contributed by atoms with van der Waals surface area (Å²) in [6, 6.07) is 14.9. The van der Waals surface area contributed by atoms with Gasteiger partial charge >= 0.3 is 0 Å². The van der Waals surface area contributed by atoms with Gasteiger partial charge in [-0.2, -0.15) is 0 Å². The molecule has 0 aliphatic carbocycles. The molecule has 0 radical (unpaired) electrons. The highest BCUT2D eigenvalue weighted by Crippen LogP contribution is 2.18. The fourth-order valence-corrected chi connectivity index (χ4v) is 2.02. The van der Waals surface area contributed by atoms with Crippen molar-refractivity contribution in [1.29, 1.82) is 0 Å². The molecule has 0 aromatic heterocycles. The summed E-state index contributed by atoms with van der Waals surface area (Å²) >= 11 is 5.95. The maximum absolute atomic E-state index is 13.5. The third-order valence-corrected chi connectivity index (χ3v) is 3.15. The molecule has 0 saturated carbocycles. The molecule has 0 unspecified atom stereocenters. The van der Waals surface area contributed by atoms with Gasteiger partial charge in [-0.3, -0.25) is 0 Å². The Balaban J connectivity index is 1.82. The molecule has 0 atom stereocenters. The maximum atomic E-state index is 13.5. The largest absolute Gasteiger partial charge is 0.312 e. The van der Waals surface area contributed by atoms with Crippen LogP contribution >= 0.6 is 11.6 Å². The van der Waals surface area contributed by atoms with E-state index >= 15 is 0 Å². The summed E-state index contributed by atoms with van der Waals surface area (Å²) in [7, 11) is 0. The average Bonchev–Trinajstić information content (AvgIpc) is 2.38. The van der Waals surface area contributed by atoms with E-state index in [2.05, 4.69) is 17.4 Å². The highest BCUT2D eigenvalue weighted by Gasteiger charge is 2.05. The van der Waals surface area contributed by atoms with Gasteiger partial charge in [-0.25, -0.2) is 4.39 Å². The highest BCUT2D eigenvalue weighted by atomic mass is 35.5. The van der Waals surface area contributed by atoms with Crippen molar-refractivity contribution in [2.24, 2.45) is 0 Å². The van der Waals surface area contributed by atoms with Crippen molar-refractivity contribution in [3.05, 3.63) is 70.5 Å². The average molecular weight is 264 g/mol. The predicted molar refractivity (Wildman–Crippen MR) is 73.3 cm³/mol. The van der Waals surface area contributed by atoms with Crippen molar-refractivity contribution in [3.63, 3.8) is 0 Å². The van der Waals surface area contributed by atoms with Gasteiger partial charge in [0.2, 0.25) is 0 Å². The summed E-state index contributed by atoms with van der Waals surface area (Å²) in [5.41, 5.74) is 1.80. The minimum absolute atomic E-state index is 0.255.